The summed E-state index contributed by atoms with van der Waals surface area (Å²) in [7, 11) is 0. The average Bonchev–Trinajstić information content (AvgIpc) is 2.71. The minimum Gasteiger partial charge on any atom is -0.494 e. The highest BCUT2D eigenvalue weighted by molar-refractivity contribution is 5.83. The zero-order valence-corrected chi connectivity index (χ0v) is 15.7. The van der Waals surface area contributed by atoms with Gasteiger partial charge in [0.15, 0.2) is 6.61 Å². The lowest BCUT2D eigenvalue weighted by Crippen LogP contribution is -2.24. The van der Waals surface area contributed by atoms with Crippen molar-refractivity contribution in [1.29, 1.82) is 0 Å². The molecular weight excluding hydrogens is 340 g/mol. The quantitative estimate of drug-likeness (QED) is 0.570. The molecule has 0 atom stereocenters. The predicted molar refractivity (Wildman–Crippen MR) is 107 cm³/mol. The Hall–Kier alpha value is -2.82. The summed E-state index contributed by atoms with van der Waals surface area (Å²) in [5.74, 6) is 1.24. The molecule has 0 spiro atoms. The number of nitrogens with zero attached hydrogens (tertiary/aromatic N) is 1. The molecule has 1 amide bonds. The van der Waals surface area contributed by atoms with Crippen LogP contribution in [0.4, 0.5) is 0 Å². The number of fused-ring (bicyclic) bond motifs is 1. The van der Waals surface area contributed by atoms with Gasteiger partial charge in [0.1, 0.15) is 11.5 Å². The van der Waals surface area contributed by atoms with Crippen LogP contribution in [-0.4, -0.2) is 25.3 Å². The average molecular weight is 366 g/mol. The Morgan fingerprint density at radius 1 is 1.07 bits per heavy atom. The molecule has 0 aromatic heterocycles. The Morgan fingerprint density at radius 2 is 1.89 bits per heavy atom. The molecule has 5 heteroatoms. The fraction of sp³-hybridized carbons (Fsp3) is 0.364. The van der Waals surface area contributed by atoms with Gasteiger partial charge in [-0.25, -0.2) is 5.43 Å². The highest BCUT2D eigenvalue weighted by atomic mass is 16.5. The number of benzene rings is 2. The highest BCUT2D eigenvalue weighted by Crippen LogP contribution is 2.25. The fourth-order valence-corrected chi connectivity index (χ4v) is 3.06. The lowest BCUT2D eigenvalue weighted by Gasteiger charge is -2.16. The topological polar surface area (TPSA) is 59.9 Å². The molecule has 0 fully saturated rings. The molecule has 0 saturated carbocycles. The Bertz CT molecular complexity index is 802. The molecule has 0 aliphatic heterocycles. The van der Waals surface area contributed by atoms with Crippen molar-refractivity contribution in [2.45, 2.75) is 39.0 Å². The number of nitrogens with one attached hydrogen (secondary N) is 1. The Kier molecular flexibility index (Phi) is 6.85. The van der Waals surface area contributed by atoms with Gasteiger partial charge in [-0.15, -0.1) is 0 Å². The molecule has 142 valence electrons. The third-order valence-electron chi connectivity index (χ3n) is 4.42. The van der Waals surface area contributed by atoms with Crippen molar-refractivity contribution in [2.75, 3.05) is 13.2 Å². The van der Waals surface area contributed by atoms with E-state index in [9.17, 15) is 4.79 Å². The number of rotatable bonds is 8. The fourth-order valence-electron chi connectivity index (χ4n) is 3.06. The van der Waals surface area contributed by atoms with Crippen LogP contribution in [0.25, 0.3) is 0 Å². The SMILES string of the molecule is CCCOc1cccc(/C=N\NC(=O)COc2ccc3c(c2)CCCC3)c1. The van der Waals surface area contributed by atoms with E-state index in [0.717, 1.165) is 36.3 Å². The Balaban J connectivity index is 1.46. The zero-order chi connectivity index (χ0) is 18.9. The summed E-state index contributed by atoms with van der Waals surface area (Å²) in [5, 5.41) is 3.99. The molecule has 0 saturated heterocycles. The number of carbonyl (C=O) groups excluding carboxylic acids is 1. The first-order valence-electron chi connectivity index (χ1n) is 9.54. The molecule has 1 aliphatic carbocycles. The molecule has 27 heavy (non-hydrogen) atoms. The summed E-state index contributed by atoms with van der Waals surface area (Å²) in [5.41, 5.74) is 6.08. The lowest BCUT2D eigenvalue weighted by molar-refractivity contribution is -0.123. The standard InChI is InChI=1S/C22H26N2O3/c1-2-12-26-20-9-5-6-17(13-20)15-23-24-22(25)16-27-21-11-10-18-7-3-4-8-19(18)14-21/h5-6,9-11,13-15H,2-4,7-8,12,16H2,1H3,(H,24,25)/b23-15-. The van der Waals surface area contributed by atoms with E-state index in [1.165, 1.54) is 24.0 Å². The minimum atomic E-state index is -0.289. The van der Waals surface area contributed by atoms with Crippen molar-refractivity contribution in [1.82, 2.24) is 5.43 Å². The summed E-state index contributed by atoms with van der Waals surface area (Å²) < 4.78 is 11.2. The molecule has 0 radical (unpaired) electrons. The lowest BCUT2D eigenvalue weighted by atomic mass is 9.92. The molecule has 0 unspecified atom stereocenters. The van der Waals surface area contributed by atoms with Gasteiger partial charge in [0, 0.05) is 0 Å². The van der Waals surface area contributed by atoms with Crippen LogP contribution in [0.15, 0.2) is 47.6 Å². The van der Waals surface area contributed by atoms with E-state index >= 15 is 0 Å². The van der Waals surface area contributed by atoms with Crippen molar-refractivity contribution >= 4 is 12.1 Å². The normalized spacial score (nSPS) is 13.2. The minimum absolute atomic E-state index is 0.0597. The maximum atomic E-state index is 11.9. The first kappa shape index (κ1) is 19.0. The van der Waals surface area contributed by atoms with E-state index in [1.807, 2.05) is 36.4 Å². The van der Waals surface area contributed by atoms with E-state index < -0.39 is 0 Å². The van der Waals surface area contributed by atoms with Crippen molar-refractivity contribution in [2.24, 2.45) is 5.10 Å². The van der Waals surface area contributed by atoms with Crippen molar-refractivity contribution in [3.63, 3.8) is 0 Å². The van der Waals surface area contributed by atoms with E-state index in [1.54, 1.807) is 6.21 Å². The third-order valence-corrected chi connectivity index (χ3v) is 4.42. The highest BCUT2D eigenvalue weighted by Gasteiger charge is 2.10. The monoisotopic (exact) mass is 366 g/mol. The molecule has 1 aliphatic rings. The maximum Gasteiger partial charge on any atom is 0.277 e. The van der Waals surface area contributed by atoms with Crippen LogP contribution in [0.5, 0.6) is 11.5 Å². The van der Waals surface area contributed by atoms with Gasteiger partial charge in [0.05, 0.1) is 12.8 Å². The van der Waals surface area contributed by atoms with Gasteiger partial charge in [-0.05, 0) is 73.1 Å². The molecule has 2 aromatic rings. The second-order valence-corrected chi connectivity index (χ2v) is 6.64. The van der Waals surface area contributed by atoms with Crippen LogP contribution in [-0.2, 0) is 17.6 Å². The molecule has 0 bridgehead atoms. The molecule has 1 N–H and O–H groups in total. The van der Waals surface area contributed by atoms with Crippen LogP contribution in [0.1, 0.15) is 42.9 Å². The van der Waals surface area contributed by atoms with E-state index in [-0.39, 0.29) is 12.5 Å². The molecular formula is C22H26N2O3. The number of hydrogen-bond acceptors (Lipinski definition) is 4. The van der Waals surface area contributed by atoms with Gasteiger partial charge < -0.3 is 9.47 Å². The number of ether oxygens (including phenoxy) is 2. The van der Waals surface area contributed by atoms with Crippen LogP contribution >= 0.6 is 0 Å². The van der Waals surface area contributed by atoms with E-state index in [2.05, 4.69) is 23.5 Å². The summed E-state index contributed by atoms with van der Waals surface area (Å²) in [6, 6.07) is 13.7. The predicted octanol–water partition coefficient (Wildman–Crippen LogP) is 3.88. The first-order chi connectivity index (χ1) is 13.2. The maximum absolute atomic E-state index is 11.9. The van der Waals surface area contributed by atoms with Crippen LogP contribution in [0.2, 0.25) is 0 Å². The van der Waals surface area contributed by atoms with Gasteiger partial charge in [-0.1, -0.05) is 25.1 Å². The molecule has 0 heterocycles. The van der Waals surface area contributed by atoms with E-state index in [0.29, 0.717) is 6.61 Å². The van der Waals surface area contributed by atoms with E-state index in [4.69, 9.17) is 9.47 Å². The van der Waals surface area contributed by atoms with Crippen LogP contribution < -0.4 is 14.9 Å². The van der Waals surface area contributed by atoms with Gasteiger partial charge >= 0.3 is 0 Å². The number of aryl methyl sites for hydroxylation is 2. The van der Waals surface area contributed by atoms with Crippen molar-refractivity contribution in [3.8, 4) is 11.5 Å². The van der Waals surface area contributed by atoms with Crippen molar-refractivity contribution in [3.05, 3.63) is 59.2 Å². The van der Waals surface area contributed by atoms with Crippen molar-refractivity contribution < 1.29 is 14.3 Å². The number of hydrogen-bond donors (Lipinski definition) is 1. The summed E-state index contributed by atoms with van der Waals surface area (Å²) >= 11 is 0. The number of hydrazone groups is 1. The smallest absolute Gasteiger partial charge is 0.277 e. The number of amides is 1. The Morgan fingerprint density at radius 3 is 2.74 bits per heavy atom. The molecule has 2 aromatic carbocycles. The first-order valence-corrected chi connectivity index (χ1v) is 9.54. The van der Waals surface area contributed by atoms with Gasteiger partial charge in [-0.3, -0.25) is 4.79 Å². The second kappa shape index (κ2) is 9.76. The Labute approximate surface area is 160 Å². The second-order valence-electron chi connectivity index (χ2n) is 6.64. The van der Waals surface area contributed by atoms with Crippen LogP contribution in [0, 0.1) is 0 Å². The third kappa shape index (κ3) is 5.84. The van der Waals surface area contributed by atoms with Crippen LogP contribution in [0.3, 0.4) is 0 Å². The molecule has 3 rings (SSSR count). The number of carbonyl (C=O) groups is 1. The van der Waals surface area contributed by atoms with Gasteiger partial charge in [-0.2, -0.15) is 5.10 Å². The summed E-state index contributed by atoms with van der Waals surface area (Å²) in [6.07, 6.45) is 7.24. The largest absolute Gasteiger partial charge is 0.494 e. The van der Waals surface area contributed by atoms with Gasteiger partial charge in [0.25, 0.3) is 5.91 Å². The zero-order valence-electron chi connectivity index (χ0n) is 15.7. The van der Waals surface area contributed by atoms with Gasteiger partial charge in [0.2, 0.25) is 0 Å². The summed E-state index contributed by atoms with van der Waals surface area (Å²) in [4.78, 5) is 11.9. The summed E-state index contributed by atoms with van der Waals surface area (Å²) in [6.45, 7) is 2.68. The molecule has 5 nitrogen and oxygen atoms in total.